The molecule has 3 aromatic carbocycles. The second-order valence-corrected chi connectivity index (χ2v) is 9.25. The van der Waals surface area contributed by atoms with E-state index in [-0.39, 0.29) is 12.5 Å². The zero-order valence-electron chi connectivity index (χ0n) is 21.9. The SMILES string of the molecule is CCCCCCCNC(=O)N(C)c1cccc(-c2ccc(CCC(=O)O)cc2OCc2ccccc2)c1. The lowest BCUT2D eigenvalue weighted by molar-refractivity contribution is -0.136. The predicted molar refractivity (Wildman–Crippen MR) is 149 cm³/mol. The summed E-state index contributed by atoms with van der Waals surface area (Å²) in [7, 11) is 1.77. The summed E-state index contributed by atoms with van der Waals surface area (Å²) in [5.74, 6) is -0.145. The molecule has 6 nitrogen and oxygen atoms in total. The van der Waals surface area contributed by atoms with Gasteiger partial charge in [0.25, 0.3) is 0 Å². The van der Waals surface area contributed by atoms with E-state index in [0.29, 0.717) is 25.3 Å². The summed E-state index contributed by atoms with van der Waals surface area (Å²) in [6.07, 6.45) is 6.24. The summed E-state index contributed by atoms with van der Waals surface area (Å²) in [4.78, 5) is 25.4. The van der Waals surface area contributed by atoms with Gasteiger partial charge in [-0.05, 0) is 47.7 Å². The Labute approximate surface area is 220 Å². The molecule has 0 spiro atoms. The van der Waals surface area contributed by atoms with Crippen LogP contribution in [0.1, 0.15) is 56.6 Å². The number of carboxylic acids is 1. The van der Waals surface area contributed by atoms with Gasteiger partial charge >= 0.3 is 12.0 Å². The summed E-state index contributed by atoms with van der Waals surface area (Å²) in [5.41, 5.74) is 4.54. The molecule has 0 aliphatic carbocycles. The molecule has 0 heterocycles. The molecule has 3 aromatic rings. The monoisotopic (exact) mass is 502 g/mol. The lowest BCUT2D eigenvalue weighted by Gasteiger charge is -2.20. The molecule has 0 aliphatic heterocycles. The number of benzene rings is 3. The van der Waals surface area contributed by atoms with E-state index in [2.05, 4.69) is 12.2 Å². The van der Waals surface area contributed by atoms with Crippen molar-refractivity contribution in [2.45, 2.75) is 58.5 Å². The number of hydrogen-bond donors (Lipinski definition) is 2. The Bertz CT molecular complexity index is 1150. The Kier molecular flexibility index (Phi) is 11.0. The molecule has 0 saturated carbocycles. The van der Waals surface area contributed by atoms with E-state index in [0.717, 1.165) is 40.8 Å². The van der Waals surface area contributed by atoms with Crippen LogP contribution in [-0.2, 0) is 17.8 Å². The zero-order valence-corrected chi connectivity index (χ0v) is 21.9. The molecule has 0 fully saturated rings. The van der Waals surface area contributed by atoms with Gasteiger partial charge in [-0.2, -0.15) is 0 Å². The fraction of sp³-hybridized carbons (Fsp3) is 0.355. The molecule has 6 heteroatoms. The summed E-state index contributed by atoms with van der Waals surface area (Å²) < 4.78 is 6.23. The second kappa shape index (κ2) is 14.7. The number of carbonyl (C=O) groups is 2. The van der Waals surface area contributed by atoms with Gasteiger partial charge in [0, 0.05) is 31.3 Å². The maximum Gasteiger partial charge on any atom is 0.321 e. The molecular weight excluding hydrogens is 464 g/mol. The van der Waals surface area contributed by atoms with Gasteiger partial charge < -0.3 is 15.2 Å². The Hall–Kier alpha value is -3.80. The molecule has 37 heavy (non-hydrogen) atoms. The minimum atomic E-state index is -0.828. The number of unbranched alkanes of at least 4 members (excludes halogenated alkanes) is 4. The third-order valence-corrected chi connectivity index (χ3v) is 6.32. The molecule has 0 aliphatic rings. The van der Waals surface area contributed by atoms with Crippen molar-refractivity contribution < 1.29 is 19.4 Å². The highest BCUT2D eigenvalue weighted by molar-refractivity contribution is 5.92. The summed E-state index contributed by atoms with van der Waals surface area (Å²) >= 11 is 0. The maximum absolute atomic E-state index is 12.7. The van der Waals surface area contributed by atoms with Gasteiger partial charge in [0.2, 0.25) is 0 Å². The number of nitrogens with one attached hydrogen (secondary N) is 1. The summed E-state index contributed by atoms with van der Waals surface area (Å²) in [6, 6.07) is 23.4. The topological polar surface area (TPSA) is 78.9 Å². The number of anilines is 1. The van der Waals surface area contributed by atoms with Gasteiger partial charge in [0.1, 0.15) is 12.4 Å². The van der Waals surface area contributed by atoms with Crippen LogP contribution in [0.25, 0.3) is 11.1 Å². The van der Waals surface area contributed by atoms with E-state index in [1.165, 1.54) is 19.3 Å². The van der Waals surface area contributed by atoms with Crippen LogP contribution >= 0.6 is 0 Å². The minimum absolute atomic E-state index is 0.0610. The average molecular weight is 503 g/mol. The van der Waals surface area contributed by atoms with Crippen LogP contribution in [0.15, 0.2) is 72.8 Å². The molecule has 0 unspecified atom stereocenters. The number of hydrogen-bond acceptors (Lipinski definition) is 3. The van der Waals surface area contributed by atoms with Crippen LogP contribution in [0, 0.1) is 0 Å². The Morgan fingerprint density at radius 1 is 0.892 bits per heavy atom. The van der Waals surface area contributed by atoms with Crippen molar-refractivity contribution >= 4 is 17.7 Å². The van der Waals surface area contributed by atoms with Crippen molar-refractivity contribution in [3.05, 3.63) is 83.9 Å². The van der Waals surface area contributed by atoms with E-state index in [1.807, 2.05) is 72.8 Å². The van der Waals surface area contributed by atoms with Gasteiger partial charge in [-0.25, -0.2) is 4.79 Å². The van der Waals surface area contributed by atoms with Gasteiger partial charge in [-0.15, -0.1) is 0 Å². The van der Waals surface area contributed by atoms with Crippen LogP contribution in [-0.4, -0.2) is 30.7 Å². The molecule has 2 N–H and O–H groups in total. The van der Waals surface area contributed by atoms with Crippen LogP contribution in [0.2, 0.25) is 0 Å². The highest BCUT2D eigenvalue weighted by Gasteiger charge is 2.14. The fourth-order valence-electron chi connectivity index (χ4n) is 4.11. The maximum atomic E-state index is 12.7. The van der Waals surface area contributed by atoms with Crippen LogP contribution in [0.4, 0.5) is 10.5 Å². The van der Waals surface area contributed by atoms with E-state index in [1.54, 1.807) is 11.9 Å². The third kappa shape index (κ3) is 8.98. The van der Waals surface area contributed by atoms with Gasteiger partial charge in [0.05, 0.1) is 0 Å². The van der Waals surface area contributed by atoms with Crippen molar-refractivity contribution in [2.75, 3.05) is 18.5 Å². The van der Waals surface area contributed by atoms with Crippen molar-refractivity contribution in [3.8, 4) is 16.9 Å². The first-order valence-corrected chi connectivity index (χ1v) is 13.1. The normalized spacial score (nSPS) is 10.6. The zero-order chi connectivity index (χ0) is 26.5. The van der Waals surface area contributed by atoms with Crippen molar-refractivity contribution in [2.24, 2.45) is 0 Å². The average Bonchev–Trinajstić information content (AvgIpc) is 2.92. The molecule has 0 radical (unpaired) electrons. The Balaban J connectivity index is 1.76. The van der Waals surface area contributed by atoms with E-state index in [4.69, 9.17) is 9.84 Å². The standard InChI is InChI=1S/C31H38N2O4/c1-3-4-5-6-10-20-32-31(36)33(2)27-15-11-14-26(22-27)28-18-16-24(17-19-30(34)35)21-29(28)37-23-25-12-8-7-9-13-25/h7-9,11-16,18,21-22H,3-6,10,17,19-20,23H2,1-2H3,(H,32,36)(H,34,35). The molecule has 0 saturated heterocycles. The predicted octanol–water partition coefficient (Wildman–Crippen LogP) is 7.07. The van der Waals surface area contributed by atoms with Crippen molar-refractivity contribution in [1.29, 1.82) is 0 Å². The molecule has 0 aromatic heterocycles. The molecule has 0 bridgehead atoms. The van der Waals surface area contributed by atoms with Crippen LogP contribution < -0.4 is 15.0 Å². The molecule has 3 rings (SSSR count). The van der Waals surface area contributed by atoms with Crippen molar-refractivity contribution in [1.82, 2.24) is 5.32 Å². The lowest BCUT2D eigenvalue weighted by atomic mass is 10.00. The van der Waals surface area contributed by atoms with Gasteiger partial charge in [-0.1, -0.05) is 87.2 Å². The van der Waals surface area contributed by atoms with Crippen LogP contribution in [0.3, 0.4) is 0 Å². The number of urea groups is 1. The van der Waals surface area contributed by atoms with E-state index < -0.39 is 5.97 Å². The number of carbonyl (C=O) groups excluding carboxylic acids is 1. The number of amides is 2. The minimum Gasteiger partial charge on any atom is -0.488 e. The first-order chi connectivity index (χ1) is 18.0. The first-order valence-electron chi connectivity index (χ1n) is 13.1. The largest absolute Gasteiger partial charge is 0.488 e. The Morgan fingerprint density at radius 2 is 1.68 bits per heavy atom. The molecule has 196 valence electrons. The van der Waals surface area contributed by atoms with E-state index >= 15 is 0 Å². The third-order valence-electron chi connectivity index (χ3n) is 6.32. The highest BCUT2D eigenvalue weighted by Crippen LogP contribution is 2.34. The highest BCUT2D eigenvalue weighted by atomic mass is 16.5. The first kappa shape index (κ1) is 27.8. The summed E-state index contributed by atoms with van der Waals surface area (Å²) in [5, 5.41) is 12.1. The number of aliphatic carboxylic acids is 1. The second-order valence-electron chi connectivity index (χ2n) is 9.25. The number of ether oxygens (including phenoxy) is 1. The number of aryl methyl sites for hydroxylation is 1. The smallest absolute Gasteiger partial charge is 0.321 e. The number of nitrogens with zero attached hydrogens (tertiary/aromatic N) is 1. The van der Waals surface area contributed by atoms with Crippen molar-refractivity contribution in [3.63, 3.8) is 0 Å². The van der Waals surface area contributed by atoms with Crippen LogP contribution in [0.5, 0.6) is 5.75 Å². The van der Waals surface area contributed by atoms with E-state index in [9.17, 15) is 9.59 Å². The Morgan fingerprint density at radius 3 is 2.43 bits per heavy atom. The molecule has 0 atom stereocenters. The van der Waals surface area contributed by atoms with Gasteiger partial charge in [-0.3, -0.25) is 9.69 Å². The molecule has 2 amide bonds. The quantitative estimate of drug-likeness (QED) is 0.231. The summed E-state index contributed by atoms with van der Waals surface area (Å²) in [6.45, 7) is 3.26. The van der Waals surface area contributed by atoms with Gasteiger partial charge in [0.15, 0.2) is 0 Å². The molecular formula is C31H38N2O4. The lowest BCUT2D eigenvalue weighted by Crippen LogP contribution is -2.37. The number of rotatable bonds is 14. The fourth-order valence-corrected chi connectivity index (χ4v) is 4.11. The number of carboxylic acid groups (broad SMARTS) is 1.